The van der Waals surface area contributed by atoms with Crippen LogP contribution in [0.25, 0.3) is 0 Å². The molecule has 2 aromatic rings. The van der Waals surface area contributed by atoms with E-state index in [-0.39, 0.29) is 29.8 Å². The molecule has 2 rings (SSSR count). The summed E-state index contributed by atoms with van der Waals surface area (Å²) in [6.45, 7) is 6.50. The van der Waals surface area contributed by atoms with Crippen molar-refractivity contribution >= 4 is 29.9 Å². The van der Waals surface area contributed by atoms with Gasteiger partial charge in [-0.3, -0.25) is 0 Å². The first-order valence-electron chi connectivity index (χ1n) is 8.56. The molecule has 142 valence electrons. The lowest BCUT2D eigenvalue weighted by molar-refractivity contribution is 0.301. The molecule has 0 saturated carbocycles. The Hall–Kier alpha value is -1.90. The van der Waals surface area contributed by atoms with Crippen LogP contribution in [-0.4, -0.2) is 24.1 Å². The quantitative estimate of drug-likeness (QED) is 0.348. The third-order valence-electron chi connectivity index (χ3n) is 3.42. The van der Waals surface area contributed by atoms with Gasteiger partial charge in [-0.05, 0) is 37.1 Å². The highest BCUT2D eigenvalue weighted by Gasteiger charge is 2.06. The minimum absolute atomic E-state index is 0. The molecule has 1 aromatic carbocycles. The molecule has 1 heterocycles. The monoisotopic (exact) mass is 472 g/mol. The number of hydrogen-bond acceptors (Lipinski definition) is 3. The van der Waals surface area contributed by atoms with Gasteiger partial charge in [-0.25, -0.2) is 14.4 Å². The molecule has 1 aromatic heterocycles. The maximum absolute atomic E-state index is 13.0. The van der Waals surface area contributed by atoms with E-state index in [4.69, 9.17) is 4.74 Å². The van der Waals surface area contributed by atoms with Crippen molar-refractivity contribution in [2.24, 2.45) is 4.99 Å². The summed E-state index contributed by atoms with van der Waals surface area (Å²) < 4.78 is 18.6. The average Bonchev–Trinajstić information content (AvgIpc) is 2.64. The van der Waals surface area contributed by atoms with Gasteiger partial charge in [0.25, 0.3) is 0 Å². The van der Waals surface area contributed by atoms with Crippen LogP contribution in [0.2, 0.25) is 0 Å². The lowest BCUT2D eigenvalue weighted by Gasteiger charge is -2.13. The van der Waals surface area contributed by atoms with Gasteiger partial charge >= 0.3 is 0 Å². The highest BCUT2D eigenvalue weighted by atomic mass is 127. The van der Waals surface area contributed by atoms with Crippen LogP contribution in [0.5, 0.6) is 5.88 Å². The van der Waals surface area contributed by atoms with Crippen molar-refractivity contribution in [3.63, 3.8) is 0 Å². The molecule has 0 fully saturated rings. The van der Waals surface area contributed by atoms with Crippen LogP contribution in [0, 0.1) is 5.82 Å². The van der Waals surface area contributed by atoms with Gasteiger partial charge in [0, 0.05) is 24.8 Å². The van der Waals surface area contributed by atoms with E-state index in [9.17, 15) is 4.39 Å². The molecule has 0 atom stereocenters. The van der Waals surface area contributed by atoms with E-state index >= 15 is 0 Å². The van der Waals surface area contributed by atoms with Crippen molar-refractivity contribution < 1.29 is 9.13 Å². The number of benzene rings is 1. The molecular weight excluding hydrogens is 446 g/mol. The van der Waals surface area contributed by atoms with Gasteiger partial charge in [-0.2, -0.15) is 0 Å². The Morgan fingerprint density at radius 1 is 1.15 bits per heavy atom. The van der Waals surface area contributed by atoms with Gasteiger partial charge < -0.3 is 15.4 Å². The van der Waals surface area contributed by atoms with E-state index in [2.05, 4.69) is 27.5 Å². The summed E-state index contributed by atoms with van der Waals surface area (Å²) in [5, 5.41) is 6.48. The molecule has 0 unspecified atom stereocenters. The van der Waals surface area contributed by atoms with Crippen molar-refractivity contribution in [3.05, 3.63) is 59.5 Å². The summed E-state index contributed by atoms with van der Waals surface area (Å²) in [5.74, 6) is 1.09. The van der Waals surface area contributed by atoms with Gasteiger partial charge in [0.2, 0.25) is 5.88 Å². The number of pyridine rings is 1. The highest BCUT2D eigenvalue weighted by Crippen LogP contribution is 2.14. The maximum Gasteiger partial charge on any atom is 0.218 e. The molecule has 2 N–H and O–H groups in total. The fraction of sp³-hybridized carbons (Fsp3) is 0.368. The molecule has 0 amide bonds. The van der Waals surface area contributed by atoms with Gasteiger partial charge in [-0.15, -0.1) is 24.0 Å². The molecule has 0 bridgehead atoms. The minimum atomic E-state index is -0.242. The number of aliphatic imine (C=N–C) groups is 1. The molecule has 0 aliphatic rings. The summed E-state index contributed by atoms with van der Waals surface area (Å²) in [5.41, 5.74) is 1.93. The van der Waals surface area contributed by atoms with Crippen LogP contribution in [0.4, 0.5) is 4.39 Å². The number of nitrogens with one attached hydrogen (secondary N) is 2. The lowest BCUT2D eigenvalue weighted by atomic mass is 10.2. The number of guanidine groups is 1. The van der Waals surface area contributed by atoms with Crippen LogP contribution in [0.3, 0.4) is 0 Å². The van der Waals surface area contributed by atoms with Gasteiger partial charge in [0.05, 0.1) is 13.2 Å². The lowest BCUT2D eigenvalue weighted by Crippen LogP contribution is -2.36. The zero-order valence-electron chi connectivity index (χ0n) is 15.2. The number of rotatable bonds is 8. The smallest absolute Gasteiger partial charge is 0.218 e. The van der Waals surface area contributed by atoms with Crippen LogP contribution < -0.4 is 15.4 Å². The van der Waals surface area contributed by atoms with E-state index in [1.165, 1.54) is 12.1 Å². The predicted octanol–water partition coefficient (Wildman–Crippen LogP) is 3.88. The first kappa shape index (κ1) is 22.1. The maximum atomic E-state index is 13.0. The topological polar surface area (TPSA) is 58.5 Å². The molecule has 26 heavy (non-hydrogen) atoms. The van der Waals surface area contributed by atoms with E-state index in [1.54, 1.807) is 18.3 Å². The molecule has 0 aliphatic carbocycles. The Labute approximate surface area is 171 Å². The number of hydrogen-bond donors (Lipinski definition) is 2. The fourth-order valence-electron chi connectivity index (χ4n) is 2.17. The number of ether oxygens (including phenoxy) is 1. The van der Waals surface area contributed by atoms with E-state index < -0.39 is 0 Å². The van der Waals surface area contributed by atoms with Crippen molar-refractivity contribution in [1.29, 1.82) is 0 Å². The molecule has 5 nitrogen and oxygen atoms in total. The Morgan fingerprint density at radius 2 is 1.92 bits per heavy atom. The molecular formula is C19H26FIN4O. The van der Waals surface area contributed by atoms with Gasteiger partial charge in [0.1, 0.15) is 5.82 Å². The summed E-state index contributed by atoms with van der Waals surface area (Å²) in [4.78, 5) is 8.81. The average molecular weight is 472 g/mol. The predicted molar refractivity (Wildman–Crippen MR) is 113 cm³/mol. The Bertz CT molecular complexity index is 679. The summed E-state index contributed by atoms with van der Waals surface area (Å²) >= 11 is 0. The summed E-state index contributed by atoms with van der Waals surface area (Å²) in [7, 11) is 0. The third-order valence-corrected chi connectivity index (χ3v) is 3.42. The second-order valence-electron chi connectivity index (χ2n) is 5.49. The number of aromatic nitrogens is 1. The van der Waals surface area contributed by atoms with Crippen LogP contribution in [0.15, 0.2) is 47.6 Å². The first-order chi connectivity index (χ1) is 12.2. The Kier molecular flexibility index (Phi) is 10.6. The van der Waals surface area contributed by atoms with Crippen LogP contribution in [0.1, 0.15) is 31.4 Å². The molecule has 0 radical (unpaired) electrons. The molecule has 7 heteroatoms. The van der Waals surface area contributed by atoms with Crippen LogP contribution >= 0.6 is 24.0 Å². The van der Waals surface area contributed by atoms with Crippen molar-refractivity contribution in [2.75, 3.05) is 13.2 Å². The third kappa shape index (κ3) is 7.55. The highest BCUT2D eigenvalue weighted by molar-refractivity contribution is 14.0. The second kappa shape index (κ2) is 12.5. The van der Waals surface area contributed by atoms with E-state index in [0.717, 1.165) is 24.1 Å². The van der Waals surface area contributed by atoms with Crippen molar-refractivity contribution in [3.8, 4) is 5.88 Å². The molecule has 0 aliphatic heterocycles. The van der Waals surface area contributed by atoms with Crippen molar-refractivity contribution in [2.45, 2.75) is 33.4 Å². The number of halogens is 2. The fourth-order valence-corrected chi connectivity index (χ4v) is 2.17. The SMILES string of the molecule is CCCOc1ncccc1CNC(=NCc1ccc(F)cc1)NCC.I. The standard InChI is InChI=1S/C19H25FN4O.HI/c1-3-12-25-18-16(6-5-11-22-18)14-24-19(21-4-2)23-13-15-7-9-17(20)10-8-15;/h5-11H,3-4,12-14H2,1-2H3,(H2,21,23,24);1H. The normalized spacial score (nSPS) is 10.8. The molecule has 0 spiro atoms. The second-order valence-corrected chi connectivity index (χ2v) is 5.49. The zero-order valence-corrected chi connectivity index (χ0v) is 17.5. The summed E-state index contributed by atoms with van der Waals surface area (Å²) in [6, 6.07) is 10.2. The van der Waals surface area contributed by atoms with E-state index in [0.29, 0.717) is 31.5 Å². The number of nitrogens with zero attached hydrogens (tertiary/aromatic N) is 2. The van der Waals surface area contributed by atoms with Gasteiger partial charge in [0.15, 0.2) is 5.96 Å². The molecule has 0 saturated heterocycles. The first-order valence-corrected chi connectivity index (χ1v) is 8.56. The largest absolute Gasteiger partial charge is 0.477 e. The minimum Gasteiger partial charge on any atom is -0.477 e. The summed E-state index contributed by atoms with van der Waals surface area (Å²) in [6.07, 6.45) is 2.66. The van der Waals surface area contributed by atoms with Crippen LogP contribution in [-0.2, 0) is 13.1 Å². The van der Waals surface area contributed by atoms with Gasteiger partial charge in [-0.1, -0.05) is 25.1 Å². The van der Waals surface area contributed by atoms with E-state index in [1.807, 2.05) is 19.1 Å². The van der Waals surface area contributed by atoms with Crippen molar-refractivity contribution in [1.82, 2.24) is 15.6 Å². The zero-order chi connectivity index (χ0) is 17.9. The Morgan fingerprint density at radius 3 is 2.62 bits per heavy atom. The Balaban J connectivity index is 0.00000338.